The number of methoxy groups -OCH3 is 1. The molecule has 29 heavy (non-hydrogen) atoms. The summed E-state index contributed by atoms with van der Waals surface area (Å²) in [6, 6.07) is -0.172. The molecule has 0 N–H and O–H groups in total. The summed E-state index contributed by atoms with van der Waals surface area (Å²) >= 11 is 0. The maximum absolute atomic E-state index is 12.8. The maximum Gasteiger partial charge on any atom is 0.410 e. The first kappa shape index (κ1) is 19.7. The van der Waals surface area contributed by atoms with Crippen molar-refractivity contribution in [3.05, 3.63) is 23.3 Å². The first-order valence-electron chi connectivity index (χ1n) is 10.2. The molecule has 1 fully saturated rings. The molecule has 4 rings (SSSR count). The first-order valence-corrected chi connectivity index (χ1v) is 10.2. The van der Waals surface area contributed by atoms with E-state index in [0.717, 1.165) is 47.5 Å². The fourth-order valence-electron chi connectivity index (χ4n) is 4.07. The zero-order valence-electron chi connectivity index (χ0n) is 18.0. The summed E-state index contributed by atoms with van der Waals surface area (Å²) in [4.78, 5) is 23.5. The van der Waals surface area contributed by atoms with Crippen molar-refractivity contribution in [2.75, 3.05) is 13.7 Å². The first-order chi connectivity index (χ1) is 13.7. The monoisotopic (exact) mass is 399 g/mol. The lowest BCUT2D eigenvalue weighted by Crippen LogP contribution is -2.42. The van der Waals surface area contributed by atoms with Gasteiger partial charge in [0.15, 0.2) is 0 Å². The quantitative estimate of drug-likeness (QED) is 0.784. The van der Waals surface area contributed by atoms with E-state index < -0.39 is 5.60 Å². The van der Waals surface area contributed by atoms with Gasteiger partial charge in [-0.25, -0.2) is 14.8 Å². The highest BCUT2D eigenvalue weighted by Crippen LogP contribution is 2.48. The van der Waals surface area contributed by atoms with E-state index in [9.17, 15) is 4.79 Å². The molecule has 2 aromatic heterocycles. The molecule has 0 bridgehead atoms. The molecule has 1 aliphatic carbocycles. The molecule has 1 saturated carbocycles. The minimum absolute atomic E-state index is 0.172. The van der Waals surface area contributed by atoms with Crippen LogP contribution in [0.4, 0.5) is 4.79 Å². The van der Waals surface area contributed by atoms with Gasteiger partial charge in [0, 0.05) is 37.2 Å². The van der Waals surface area contributed by atoms with Crippen molar-refractivity contribution in [2.24, 2.45) is 7.05 Å². The molecule has 2 aromatic rings. The van der Waals surface area contributed by atoms with Crippen LogP contribution in [0, 0.1) is 0 Å². The Labute approximate surface area is 171 Å². The molecule has 0 aromatic carbocycles. The number of aryl methyl sites for hydroxylation is 1. The topological polar surface area (TPSA) is 82.4 Å². The summed E-state index contributed by atoms with van der Waals surface area (Å²) in [6.45, 7) is 8.28. The van der Waals surface area contributed by atoms with Gasteiger partial charge in [-0.05, 0) is 40.5 Å². The van der Waals surface area contributed by atoms with Crippen LogP contribution in [0.15, 0.2) is 6.33 Å². The standard InChI is InChI=1S/C21H29N5O3/c1-12-15-14(9-10-26(12)20(27)29-21(2,3)4)25(5)24-18(15)16-17(13-7-8-13)22-11-23-19(16)28-6/h11-13H,7-10H2,1-6H3. The zero-order valence-corrected chi connectivity index (χ0v) is 18.0. The van der Waals surface area contributed by atoms with Gasteiger partial charge in [-0.3, -0.25) is 4.68 Å². The van der Waals surface area contributed by atoms with Crippen LogP contribution in [0.1, 0.15) is 69.4 Å². The molecule has 1 atom stereocenters. The second-order valence-electron chi connectivity index (χ2n) is 8.85. The van der Waals surface area contributed by atoms with Crippen LogP contribution in [0.25, 0.3) is 11.3 Å². The molecule has 3 heterocycles. The van der Waals surface area contributed by atoms with Gasteiger partial charge in [-0.15, -0.1) is 0 Å². The van der Waals surface area contributed by atoms with Crippen LogP contribution in [-0.4, -0.2) is 50.0 Å². The summed E-state index contributed by atoms with van der Waals surface area (Å²) in [5.41, 5.74) is 4.26. The van der Waals surface area contributed by atoms with E-state index in [1.54, 1.807) is 18.3 Å². The van der Waals surface area contributed by atoms with Crippen molar-refractivity contribution < 1.29 is 14.3 Å². The Morgan fingerprint density at radius 3 is 2.59 bits per heavy atom. The molecular formula is C21H29N5O3. The predicted molar refractivity (Wildman–Crippen MR) is 108 cm³/mol. The highest BCUT2D eigenvalue weighted by Gasteiger charge is 2.38. The van der Waals surface area contributed by atoms with Gasteiger partial charge >= 0.3 is 6.09 Å². The summed E-state index contributed by atoms with van der Waals surface area (Å²) in [5, 5.41) is 4.84. The Morgan fingerprint density at radius 1 is 1.24 bits per heavy atom. The summed E-state index contributed by atoms with van der Waals surface area (Å²) in [5.74, 6) is 0.949. The number of fused-ring (bicyclic) bond motifs is 1. The van der Waals surface area contributed by atoms with Crippen molar-refractivity contribution in [1.29, 1.82) is 0 Å². The van der Waals surface area contributed by atoms with Crippen molar-refractivity contribution in [1.82, 2.24) is 24.6 Å². The lowest BCUT2D eigenvalue weighted by atomic mass is 9.93. The largest absolute Gasteiger partial charge is 0.480 e. The third-order valence-corrected chi connectivity index (χ3v) is 5.55. The third kappa shape index (κ3) is 3.56. The number of aromatic nitrogens is 4. The van der Waals surface area contributed by atoms with Crippen LogP contribution in [0.3, 0.4) is 0 Å². The van der Waals surface area contributed by atoms with Crippen LogP contribution in [0.5, 0.6) is 5.88 Å². The van der Waals surface area contributed by atoms with Crippen LogP contribution < -0.4 is 4.74 Å². The molecule has 1 amide bonds. The van der Waals surface area contributed by atoms with Crippen molar-refractivity contribution in [3.63, 3.8) is 0 Å². The second kappa shape index (κ2) is 7.00. The van der Waals surface area contributed by atoms with Crippen LogP contribution >= 0.6 is 0 Å². The Hall–Kier alpha value is -2.64. The van der Waals surface area contributed by atoms with Gasteiger partial charge in [0.05, 0.1) is 24.4 Å². The van der Waals surface area contributed by atoms with Gasteiger partial charge in [-0.2, -0.15) is 5.10 Å². The smallest absolute Gasteiger partial charge is 0.410 e. The van der Waals surface area contributed by atoms with E-state index in [-0.39, 0.29) is 12.1 Å². The minimum atomic E-state index is -0.537. The molecular weight excluding hydrogens is 370 g/mol. The number of amides is 1. The summed E-state index contributed by atoms with van der Waals surface area (Å²) in [7, 11) is 3.57. The van der Waals surface area contributed by atoms with Crippen molar-refractivity contribution in [2.45, 2.75) is 64.5 Å². The molecule has 2 aliphatic rings. The molecule has 8 nitrogen and oxygen atoms in total. The number of carbonyl (C=O) groups excluding carboxylic acids is 1. The second-order valence-corrected chi connectivity index (χ2v) is 8.85. The fourth-order valence-corrected chi connectivity index (χ4v) is 4.07. The average molecular weight is 399 g/mol. The SMILES string of the molecule is COc1ncnc(C2CC2)c1-c1nn(C)c2c1C(C)N(C(=O)OC(C)(C)C)CC2. The van der Waals surface area contributed by atoms with E-state index in [1.807, 2.05) is 39.4 Å². The molecule has 1 aliphatic heterocycles. The third-order valence-electron chi connectivity index (χ3n) is 5.55. The summed E-state index contributed by atoms with van der Waals surface area (Å²) < 4.78 is 13.1. The van der Waals surface area contributed by atoms with Gasteiger partial charge in [0.25, 0.3) is 0 Å². The number of rotatable bonds is 3. The van der Waals surface area contributed by atoms with Crippen LogP contribution in [0.2, 0.25) is 0 Å². The molecule has 0 radical (unpaired) electrons. The number of hydrogen-bond acceptors (Lipinski definition) is 6. The summed E-state index contributed by atoms with van der Waals surface area (Å²) in [6.07, 6.45) is 4.20. The Bertz CT molecular complexity index is 943. The normalized spacial score (nSPS) is 19.1. The van der Waals surface area contributed by atoms with E-state index in [0.29, 0.717) is 18.3 Å². The van der Waals surface area contributed by atoms with E-state index in [4.69, 9.17) is 14.6 Å². The zero-order chi connectivity index (χ0) is 20.9. The number of nitrogens with zero attached hydrogens (tertiary/aromatic N) is 5. The fraction of sp³-hybridized carbons (Fsp3) is 0.619. The lowest BCUT2D eigenvalue weighted by Gasteiger charge is -2.35. The van der Waals surface area contributed by atoms with Gasteiger partial charge in [0.2, 0.25) is 5.88 Å². The lowest BCUT2D eigenvalue weighted by molar-refractivity contribution is 0.0158. The van der Waals surface area contributed by atoms with Crippen molar-refractivity contribution in [3.8, 4) is 17.1 Å². The van der Waals surface area contributed by atoms with E-state index >= 15 is 0 Å². The van der Waals surface area contributed by atoms with Crippen LogP contribution in [-0.2, 0) is 18.2 Å². The molecule has 1 unspecified atom stereocenters. The van der Waals surface area contributed by atoms with E-state index in [2.05, 4.69) is 9.97 Å². The van der Waals surface area contributed by atoms with Crippen molar-refractivity contribution >= 4 is 6.09 Å². The number of ether oxygens (including phenoxy) is 2. The molecule has 0 spiro atoms. The van der Waals surface area contributed by atoms with Gasteiger partial charge in [-0.1, -0.05) is 0 Å². The van der Waals surface area contributed by atoms with E-state index in [1.165, 1.54) is 0 Å². The average Bonchev–Trinajstić information content (AvgIpc) is 3.44. The minimum Gasteiger partial charge on any atom is -0.480 e. The molecule has 0 saturated heterocycles. The Balaban J connectivity index is 1.80. The van der Waals surface area contributed by atoms with Gasteiger partial charge in [0.1, 0.15) is 17.6 Å². The highest BCUT2D eigenvalue weighted by atomic mass is 16.6. The predicted octanol–water partition coefficient (Wildman–Crippen LogP) is 3.62. The Kier molecular flexibility index (Phi) is 4.75. The maximum atomic E-state index is 12.8. The van der Waals surface area contributed by atoms with Gasteiger partial charge < -0.3 is 14.4 Å². The number of hydrogen-bond donors (Lipinski definition) is 0. The molecule has 156 valence electrons. The highest BCUT2D eigenvalue weighted by molar-refractivity contribution is 5.75. The molecule has 8 heteroatoms. The Morgan fingerprint density at radius 2 is 1.97 bits per heavy atom. The number of carbonyl (C=O) groups is 1.